The van der Waals surface area contributed by atoms with Crippen LogP contribution in [0.5, 0.6) is 0 Å². The average Bonchev–Trinajstić information content (AvgIpc) is 2.51. The Bertz CT molecular complexity index is 605. The highest BCUT2D eigenvalue weighted by Crippen LogP contribution is 2.17. The number of carboxylic acids is 1. The third-order valence-electron chi connectivity index (χ3n) is 3.05. The van der Waals surface area contributed by atoms with Gasteiger partial charge in [0.1, 0.15) is 17.4 Å². The summed E-state index contributed by atoms with van der Waals surface area (Å²) in [5, 5.41) is 19.5. The van der Waals surface area contributed by atoms with E-state index >= 15 is 0 Å². The average molecular weight is 319 g/mol. The van der Waals surface area contributed by atoms with Crippen LogP contribution in [-0.2, 0) is 14.3 Å². The number of aliphatic hydroxyl groups excluding tert-OH is 1. The molecule has 0 aromatic heterocycles. The maximum atomic E-state index is 12.0. The Morgan fingerprint density at radius 1 is 1.22 bits per heavy atom. The highest BCUT2D eigenvalue weighted by molar-refractivity contribution is 6.15. The Labute approximate surface area is 135 Å². The van der Waals surface area contributed by atoms with Crippen LogP contribution in [0, 0.1) is 5.92 Å². The molecule has 0 aliphatic rings. The standard InChI is InChI=1S/C17H21NO5/c1-4-23-17(22)13(10-18-14(11(2)3)16(20)21)15(19)12-8-6-5-7-9-12/h5-11,14,19H,4H2,1-3H3,(H,20,21)/b15-13-,18-10?. The van der Waals surface area contributed by atoms with Gasteiger partial charge in [0.05, 0.1) is 6.61 Å². The molecule has 2 N–H and O–H groups in total. The molecule has 6 nitrogen and oxygen atoms in total. The molecule has 0 spiro atoms. The van der Waals surface area contributed by atoms with Gasteiger partial charge in [-0.2, -0.15) is 0 Å². The number of aliphatic carboxylic acids is 1. The summed E-state index contributed by atoms with van der Waals surface area (Å²) in [6.07, 6.45) is 1.07. The fourth-order valence-electron chi connectivity index (χ4n) is 1.85. The second-order valence-electron chi connectivity index (χ2n) is 5.15. The van der Waals surface area contributed by atoms with Crippen molar-refractivity contribution in [1.82, 2.24) is 0 Å². The number of esters is 1. The SMILES string of the molecule is CCOC(=O)/C(C=NC(C(=O)O)C(C)C)=C(\O)c1ccccc1. The number of benzene rings is 1. The molecule has 6 heteroatoms. The second-order valence-corrected chi connectivity index (χ2v) is 5.15. The molecule has 1 aromatic carbocycles. The van der Waals surface area contributed by atoms with Crippen LogP contribution < -0.4 is 0 Å². The molecule has 1 aromatic rings. The molecule has 0 fully saturated rings. The van der Waals surface area contributed by atoms with E-state index in [-0.39, 0.29) is 23.9 Å². The van der Waals surface area contributed by atoms with Gasteiger partial charge < -0.3 is 14.9 Å². The van der Waals surface area contributed by atoms with Crippen LogP contribution in [0.25, 0.3) is 5.76 Å². The molecule has 1 unspecified atom stereocenters. The monoisotopic (exact) mass is 319 g/mol. The normalized spacial score (nSPS) is 13.7. The largest absolute Gasteiger partial charge is 0.506 e. The number of carboxylic acid groups (broad SMARTS) is 1. The van der Waals surface area contributed by atoms with Gasteiger partial charge in [-0.3, -0.25) is 4.99 Å². The van der Waals surface area contributed by atoms with Gasteiger partial charge in [-0.25, -0.2) is 9.59 Å². The molecule has 1 rings (SSSR count). The lowest BCUT2D eigenvalue weighted by Crippen LogP contribution is -2.24. The van der Waals surface area contributed by atoms with Crippen LogP contribution >= 0.6 is 0 Å². The van der Waals surface area contributed by atoms with Crippen molar-refractivity contribution in [1.29, 1.82) is 0 Å². The van der Waals surface area contributed by atoms with E-state index < -0.39 is 18.0 Å². The van der Waals surface area contributed by atoms with E-state index in [0.717, 1.165) is 6.21 Å². The predicted molar refractivity (Wildman–Crippen MR) is 87.4 cm³/mol. The third-order valence-corrected chi connectivity index (χ3v) is 3.05. The van der Waals surface area contributed by atoms with E-state index in [1.165, 1.54) is 0 Å². The van der Waals surface area contributed by atoms with Crippen molar-refractivity contribution in [3.8, 4) is 0 Å². The number of carbonyl (C=O) groups excluding carboxylic acids is 1. The lowest BCUT2D eigenvalue weighted by Gasteiger charge is -2.12. The molecule has 0 radical (unpaired) electrons. The number of rotatable bonds is 7. The lowest BCUT2D eigenvalue weighted by molar-refractivity contribution is -0.140. The highest BCUT2D eigenvalue weighted by Gasteiger charge is 2.22. The van der Waals surface area contributed by atoms with Gasteiger partial charge in [-0.1, -0.05) is 44.2 Å². The Kier molecular flexibility index (Phi) is 6.99. The number of aliphatic imine (C=N–C) groups is 1. The van der Waals surface area contributed by atoms with Gasteiger partial charge in [-0.05, 0) is 12.8 Å². The smallest absolute Gasteiger partial charge is 0.343 e. The number of ether oxygens (including phenoxy) is 1. The van der Waals surface area contributed by atoms with Crippen LogP contribution in [0.4, 0.5) is 0 Å². The van der Waals surface area contributed by atoms with Crippen molar-refractivity contribution in [2.75, 3.05) is 6.61 Å². The fourth-order valence-corrected chi connectivity index (χ4v) is 1.85. The van der Waals surface area contributed by atoms with Crippen molar-refractivity contribution in [3.63, 3.8) is 0 Å². The summed E-state index contributed by atoms with van der Waals surface area (Å²) < 4.78 is 4.90. The first kappa shape index (κ1) is 18.4. The van der Waals surface area contributed by atoms with Gasteiger partial charge in [-0.15, -0.1) is 0 Å². The molecular formula is C17H21NO5. The van der Waals surface area contributed by atoms with Crippen molar-refractivity contribution < 1.29 is 24.5 Å². The number of aliphatic hydroxyl groups is 1. The first-order chi connectivity index (χ1) is 10.9. The van der Waals surface area contributed by atoms with Gasteiger partial charge in [0.25, 0.3) is 0 Å². The Hall–Kier alpha value is -2.63. The number of carbonyl (C=O) groups is 2. The minimum Gasteiger partial charge on any atom is -0.506 e. The van der Waals surface area contributed by atoms with Crippen LogP contribution in [0.3, 0.4) is 0 Å². The summed E-state index contributed by atoms with van der Waals surface area (Å²) in [7, 11) is 0. The lowest BCUT2D eigenvalue weighted by atomic mass is 10.1. The first-order valence-electron chi connectivity index (χ1n) is 7.30. The molecule has 0 bridgehead atoms. The first-order valence-corrected chi connectivity index (χ1v) is 7.30. The number of hydrogen-bond donors (Lipinski definition) is 2. The Morgan fingerprint density at radius 3 is 2.30 bits per heavy atom. The van der Waals surface area contributed by atoms with Gasteiger partial charge in [0, 0.05) is 11.8 Å². The van der Waals surface area contributed by atoms with Crippen LogP contribution in [-0.4, -0.2) is 41.0 Å². The van der Waals surface area contributed by atoms with Gasteiger partial charge in [0.2, 0.25) is 0 Å². The van der Waals surface area contributed by atoms with E-state index in [9.17, 15) is 14.7 Å². The van der Waals surface area contributed by atoms with Crippen molar-refractivity contribution in [2.45, 2.75) is 26.8 Å². The molecule has 1 atom stereocenters. The predicted octanol–water partition coefficient (Wildman–Crippen LogP) is 2.70. The van der Waals surface area contributed by atoms with Crippen LogP contribution in [0.2, 0.25) is 0 Å². The zero-order valence-electron chi connectivity index (χ0n) is 13.4. The molecule has 0 amide bonds. The zero-order chi connectivity index (χ0) is 17.4. The highest BCUT2D eigenvalue weighted by atomic mass is 16.5. The topological polar surface area (TPSA) is 96.2 Å². The van der Waals surface area contributed by atoms with Crippen molar-refractivity contribution in [3.05, 3.63) is 41.5 Å². The molecule has 124 valence electrons. The van der Waals surface area contributed by atoms with E-state index in [2.05, 4.69) is 4.99 Å². The van der Waals surface area contributed by atoms with Crippen molar-refractivity contribution in [2.24, 2.45) is 10.9 Å². The molecule has 0 saturated heterocycles. The maximum absolute atomic E-state index is 12.0. The van der Waals surface area contributed by atoms with Crippen LogP contribution in [0.1, 0.15) is 26.3 Å². The Balaban J connectivity index is 3.26. The molecule has 0 aliphatic carbocycles. The molecule has 23 heavy (non-hydrogen) atoms. The minimum atomic E-state index is -1.10. The molecular weight excluding hydrogens is 298 g/mol. The zero-order valence-corrected chi connectivity index (χ0v) is 13.4. The summed E-state index contributed by atoms with van der Waals surface area (Å²) >= 11 is 0. The van der Waals surface area contributed by atoms with Gasteiger partial charge in [0.15, 0.2) is 0 Å². The number of hydrogen-bond acceptors (Lipinski definition) is 5. The van der Waals surface area contributed by atoms with Gasteiger partial charge >= 0.3 is 11.9 Å². The van der Waals surface area contributed by atoms with E-state index in [4.69, 9.17) is 9.84 Å². The summed E-state index contributed by atoms with van der Waals surface area (Å²) in [6.45, 7) is 5.19. The third kappa shape index (κ3) is 5.25. The quantitative estimate of drug-likeness (QED) is 0.348. The fraction of sp³-hybridized carbons (Fsp3) is 0.353. The molecule has 0 aliphatic heterocycles. The summed E-state index contributed by atoms with van der Waals surface area (Å²) in [5.74, 6) is -2.42. The molecule has 0 heterocycles. The van der Waals surface area contributed by atoms with E-state index in [0.29, 0.717) is 5.56 Å². The van der Waals surface area contributed by atoms with Crippen molar-refractivity contribution >= 4 is 23.9 Å². The van der Waals surface area contributed by atoms with Crippen LogP contribution in [0.15, 0.2) is 40.9 Å². The summed E-state index contributed by atoms with van der Waals surface area (Å²) in [6, 6.07) is 7.43. The Morgan fingerprint density at radius 2 is 1.83 bits per heavy atom. The maximum Gasteiger partial charge on any atom is 0.343 e. The van der Waals surface area contributed by atoms with E-state index in [1.54, 1.807) is 51.1 Å². The summed E-state index contributed by atoms with van der Waals surface area (Å²) in [4.78, 5) is 27.1. The van der Waals surface area contributed by atoms with E-state index in [1.807, 2.05) is 0 Å². The summed E-state index contributed by atoms with van der Waals surface area (Å²) in [5.41, 5.74) is 0.239. The molecule has 0 saturated carbocycles. The second kappa shape index (κ2) is 8.73. The minimum absolute atomic E-state index is 0.130. The number of nitrogens with zero attached hydrogens (tertiary/aromatic N) is 1.